The maximum atomic E-state index is 12.9. The van der Waals surface area contributed by atoms with Gasteiger partial charge in [0.2, 0.25) is 0 Å². The van der Waals surface area contributed by atoms with Gasteiger partial charge in [0.15, 0.2) is 9.84 Å². The first-order valence-electron chi connectivity index (χ1n) is 12.8. The fourth-order valence-electron chi connectivity index (χ4n) is 4.80. The quantitative estimate of drug-likeness (QED) is 0.388. The van der Waals surface area contributed by atoms with Crippen LogP contribution in [0.3, 0.4) is 0 Å². The van der Waals surface area contributed by atoms with Crippen LogP contribution in [0.5, 0.6) is 0 Å². The van der Waals surface area contributed by atoms with Gasteiger partial charge in [0.05, 0.1) is 28.9 Å². The number of carbonyl (C=O) groups excluding carboxylic acids is 1. The smallest absolute Gasteiger partial charge is 0.394 e. The maximum Gasteiger partial charge on any atom is 0.416 e. The van der Waals surface area contributed by atoms with Gasteiger partial charge in [-0.05, 0) is 72.5 Å². The summed E-state index contributed by atoms with van der Waals surface area (Å²) < 4.78 is 62.8. The molecule has 1 aliphatic heterocycles. The Kier molecular flexibility index (Phi) is 8.66. The first-order chi connectivity index (χ1) is 18.5. The van der Waals surface area contributed by atoms with Crippen LogP contribution in [-0.4, -0.2) is 44.9 Å². The van der Waals surface area contributed by atoms with Crippen LogP contribution >= 0.6 is 0 Å². The Labute approximate surface area is 226 Å². The maximum absolute atomic E-state index is 12.9. The van der Waals surface area contributed by atoms with Crippen LogP contribution in [0.4, 0.5) is 18.9 Å². The van der Waals surface area contributed by atoms with E-state index in [1.165, 1.54) is 12.1 Å². The van der Waals surface area contributed by atoms with Crippen molar-refractivity contribution in [3.05, 3.63) is 95.1 Å². The number of nitrogens with zero attached hydrogens (tertiary/aromatic N) is 1. The Balaban J connectivity index is 1.40. The van der Waals surface area contributed by atoms with E-state index in [4.69, 9.17) is 0 Å². The zero-order chi connectivity index (χ0) is 28.2. The number of halogens is 3. The van der Waals surface area contributed by atoms with Crippen LogP contribution in [-0.2, 0) is 16.0 Å². The normalized spacial score (nSPS) is 17.1. The van der Waals surface area contributed by atoms with Gasteiger partial charge in [-0.1, -0.05) is 31.2 Å². The molecule has 2 atom stereocenters. The summed E-state index contributed by atoms with van der Waals surface area (Å²) in [4.78, 5) is 15.2. The van der Waals surface area contributed by atoms with E-state index in [2.05, 4.69) is 10.2 Å². The number of hydrogen-bond donors (Lipinski definition) is 2. The lowest BCUT2D eigenvalue weighted by atomic mass is 9.90. The number of amides is 1. The molecule has 0 bridgehead atoms. The van der Waals surface area contributed by atoms with Crippen LogP contribution in [0.1, 0.15) is 58.8 Å². The summed E-state index contributed by atoms with van der Waals surface area (Å²) in [7, 11) is -3.35. The van der Waals surface area contributed by atoms with Gasteiger partial charge < -0.3 is 15.3 Å². The molecule has 0 saturated carbocycles. The van der Waals surface area contributed by atoms with Gasteiger partial charge in [-0.2, -0.15) is 13.2 Å². The van der Waals surface area contributed by atoms with Crippen molar-refractivity contribution >= 4 is 21.4 Å². The number of carbonyl (C=O) groups is 1. The van der Waals surface area contributed by atoms with Crippen molar-refractivity contribution in [1.29, 1.82) is 0 Å². The molecule has 6 nitrogen and oxygen atoms in total. The first kappa shape index (κ1) is 28.6. The number of sulfone groups is 1. The van der Waals surface area contributed by atoms with E-state index in [0.29, 0.717) is 17.7 Å². The Bertz CT molecular complexity index is 1370. The third-order valence-electron chi connectivity index (χ3n) is 7.13. The SMILES string of the molecule is CCS(=O)(=O)c1ccc([C@H](CO)NC(=O)c2ccc(N3CCCC(c4ccc(C(F)(F)F)cc4)C3)cc2)cc1. The van der Waals surface area contributed by atoms with E-state index < -0.39 is 27.6 Å². The standard InChI is InChI=1S/C29H31F3N2O4S/c1-2-39(37,38)26-15-9-21(10-16-26)27(19-35)33-28(36)22-7-13-25(14-8-22)34-17-3-4-23(18-34)20-5-11-24(12-6-20)29(30,31)32/h5-16,23,27,35H,2-4,17-19H2,1H3,(H,33,36)/t23?,27-/m0/s1. The number of rotatable bonds is 8. The Morgan fingerprint density at radius 2 is 1.67 bits per heavy atom. The molecule has 1 aliphatic rings. The van der Waals surface area contributed by atoms with Crippen molar-refractivity contribution in [2.75, 3.05) is 30.3 Å². The van der Waals surface area contributed by atoms with E-state index in [0.717, 1.165) is 42.8 Å². The Hall–Kier alpha value is -3.37. The van der Waals surface area contributed by atoms with Gasteiger partial charge in [-0.15, -0.1) is 0 Å². The summed E-state index contributed by atoms with van der Waals surface area (Å²) >= 11 is 0. The average Bonchev–Trinajstić information content (AvgIpc) is 2.95. The van der Waals surface area contributed by atoms with Crippen LogP contribution in [0.25, 0.3) is 0 Å². The van der Waals surface area contributed by atoms with E-state index in [9.17, 15) is 31.5 Å². The highest BCUT2D eigenvalue weighted by Crippen LogP contribution is 2.33. The molecule has 3 aromatic carbocycles. The molecule has 1 saturated heterocycles. The van der Waals surface area contributed by atoms with Crippen LogP contribution in [0, 0.1) is 0 Å². The predicted octanol–water partition coefficient (Wildman–Crippen LogP) is 5.35. The number of aliphatic hydroxyl groups is 1. The zero-order valence-electron chi connectivity index (χ0n) is 21.5. The van der Waals surface area contributed by atoms with Crippen molar-refractivity contribution in [2.45, 2.75) is 42.8 Å². The van der Waals surface area contributed by atoms with Crippen LogP contribution < -0.4 is 10.2 Å². The fourth-order valence-corrected chi connectivity index (χ4v) is 5.69. The number of nitrogens with one attached hydrogen (secondary N) is 1. The van der Waals surface area contributed by atoms with Crippen molar-refractivity contribution in [3.8, 4) is 0 Å². The molecule has 0 spiro atoms. The van der Waals surface area contributed by atoms with Gasteiger partial charge in [0, 0.05) is 30.3 Å². The van der Waals surface area contributed by atoms with E-state index in [-0.39, 0.29) is 29.1 Å². The Morgan fingerprint density at radius 1 is 1.03 bits per heavy atom. The molecule has 0 radical (unpaired) electrons. The van der Waals surface area contributed by atoms with Gasteiger partial charge in [-0.25, -0.2) is 8.42 Å². The van der Waals surface area contributed by atoms with Crippen molar-refractivity contribution in [1.82, 2.24) is 5.32 Å². The van der Waals surface area contributed by atoms with Gasteiger partial charge in [-0.3, -0.25) is 4.79 Å². The van der Waals surface area contributed by atoms with Crippen molar-refractivity contribution in [2.24, 2.45) is 0 Å². The summed E-state index contributed by atoms with van der Waals surface area (Å²) in [5.74, 6) is -0.296. The Morgan fingerprint density at radius 3 is 2.23 bits per heavy atom. The molecular formula is C29H31F3N2O4S. The molecule has 1 amide bonds. The van der Waals surface area contributed by atoms with Crippen molar-refractivity contribution in [3.63, 3.8) is 0 Å². The molecule has 1 unspecified atom stereocenters. The highest BCUT2D eigenvalue weighted by atomic mass is 32.2. The number of aliphatic hydroxyl groups excluding tert-OH is 1. The van der Waals surface area contributed by atoms with Gasteiger partial charge in [0.25, 0.3) is 5.91 Å². The largest absolute Gasteiger partial charge is 0.416 e. The van der Waals surface area contributed by atoms with E-state index >= 15 is 0 Å². The number of piperidine rings is 1. The number of alkyl halides is 3. The second kappa shape index (κ2) is 11.8. The minimum atomic E-state index is -4.36. The van der Waals surface area contributed by atoms with Crippen LogP contribution in [0.15, 0.2) is 77.7 Å². The zero-order valence-corrected chi connectivity index (χ0v) is 22.3. The highest BCUT2D eigenvalue weighted by molar-refractivity contribution is 7.91. The average molecular weight is 561 g/mol. The van der Waals surface area contributed by atoms with E-state index in [1.54, 1.807) is 43.3 Å². The minimum absolute atomic E-state index is 0.0182. The molecule has 10 heteroatoms. The molecule has 39 heavy (non-hydrogen) atoms. The summed E-state index contributed by atoms with van der Waals surface area (Å²) in [5, 5.41) is 12.6. The molecular weight excluding hydrogens is 529 g/mol. The topological polar surface area (TPSA) is 86.7 Å². The number of anilines is 1. The number of benzene rings is 3. The molecule has 4 rings (SSSR count). The highest BCUT2D eigenvalue weighted by Gasteiger charge is 2.30. The second-order valence-corrected chi connectivity index (χ2v) is 11.9. The molecule has 1 heterocycles. The lowest BCUT2D eigenvalue weighted by molar-refractivity contribution is -0.137. The molecule has 2 N–H and O–H groups in total. The molecule has 3 aromatic rings. The molecule has 208 valence electrons. The lowest BCUT2D eigenvalue weighted by Crippen LogP contribution is -2.34. The lowest BCUT2D eigenvalue weighted by Gasteiger charge is -2.35. The third-order valence-corrected chi connectivity index (χ3v) is 8.89. The van der Waals surface area contributed by atoms with E-state index in [1.807, 2.05) is 12.1 Å². The second-order valence-electron chi connectivity index (χ2n) is 9.63. The first-order valence-corrected chi connectivity index (χ1v) is 14.4. The molecule has 1 fully saturated rings. The summed E-state index contributed by atoms with van der Waals surface area (Å²) in [6, 6.07) is 17.8. The molecule has 0 aromatic heterocycles. The van der Waals surface area contributed by atoms with Crippen LogP contribution in [0.2, 0.25) is 0 Å². The number of hydrogen-bond acceptors (Lipinski definition) is 5. The molecule has 0 aliphatic carbocycles. The summed E-state index contributed by atoms with van der Waals surface area (Å²) in [5.41, 5.74) is 2.12. The monoisotopic (exact) mass is 560 g/mol. The summed E-state index contributed by atoms with van der Waals surface area (Å²) in [6.45, 7) is 2.67. The minimum Gasteiger partial charge on any atom is -0.394 e. The third kappa shape index (κ3) is 6.80. The predicted molar refractivity (Wildman–Crippen MR) is 144 cm³/mol. The van der Waals surface area contributed by atoms with Gasteiger partial charge >= 0.3 is 6.18 Å². The van der Waals surface area contributed by atoms with Crippen molar-refractivity contribution < 1.29 is 31.5 Å². The van der Waals surface area contributed by atoms with Gasteiger partial charge in [0.1, 0.15) is 0 Å². The fraction of sp³-hybridized carbons (Fsp3) is 0.345. The summed E-state index contributed by atoms with van der Waals surface area (Å²) in [6.07, 6.45) is -2.58.